The fourth-order valence-corrected chi connectivity index (χ4v) is 3.06. The first-order chi connectivity index (χ1) is 8.18. The van der Waals surface area contributed by atoms with Gasteiger partial charge < -0.3 is 15.0 Å². The highest BCUT2D eigenvalue weighted by atomic mass is 16.5. The van der Waals surface area contributed by atoms with Crippen LogP contribution in [0.25, 0.3) is 0 Å². The highest BCUT2D eigenvalue weighted by Crippen LogP contribution is 2.33. The van der Waals surface area contributed by atoms with Crippen LogP contribution in [0.1, 0.15) is 26.2 Å². The molecule has 0 aromatic heterocycles. The van der Waals surface area contributed by atoms with Crippen LogP contribution in [0.5, 0.6) is 0 Å². The van der Waals surface area contributed by atoms with E-state index >= 15 is 0 Å². The van der Waals surface area contributed by atoms with Gasteiger partial charge >= 0.3 is 0 Å². The third-order valence-electron chi connectivity index (χ3n) is 4.15. The number of ether oxygens (including phenoxy) is 1. The number of hydrogen-bond donors (Lipinski definition) is 1. The number of nitrogens with one attached hydrogen (secondary N) is 1. The highest BCUT2D eigenvalue weighted by Gasteiger charge is 2.43. The molecular formula is C13H24N2O2. The first-order valence-corrected chi connectivity index (χ1v) is 6.67. The number of piperidine rings is 1. The summed E-state index contributed by atoms with van der Waals surface area (Å²) in [6, 6.07) is 0. The summed E-state index contributed by atoms with van der Waals surface area (Å²) in [7, 11) is 1.70. The second-order valence-corrected chi connectivity index (χ2v) is 5.61. The predicted molar refractivity (Wildman–Crippen MR) is 66.8 cm³/mol. The van der Waals surface area contributed by atoms with E-state index in [1.165, 1.54) is 0 Å². The number of hydrogen-bond acceptors (Lipinski definition) is 3. The van der Waals surface area contributed by atoms with Gasteiger partial charge in [0.2, 0.25) is 5.91 Å². The fourth-order valence-electron chi connectivity index (χ4n) is 3.06. The summed E-state index contributed by atoms with van der Waals surface area (Å²) < 4.78 is 5.32. The van der Waals surface area contributed by atoms with Crippen LogP contribution in [0.15, 0.2) is 0 Å². The Morgan fingerprint density at radius 3 is 2.71 bits per heavy atom. The highest BCUT2D eigenvalue weighted by molar-refractivity contribution is 5.83. The van der Waals surface area contributed by atoms with Crippen molar-refractivity contribution in [3.63, 3.8) is 0 Å². The molecule has 2 aliphatic heterocycles. The van der Waals surface area contributed by atoms with E-state index < -0.39 is 0 Å². The number of methoxy groups -OCH3 is 1. The minimum Gasteiger partial charge on any atom is -0.384 e. The van der Waals surface area contributed by atoms with Crippen LogP contribution < -0.4 is 5.32 Å². The second kappa shape index (κ2) is 5.36. The molecule has 1 amide bonds. The molecule has 1 N–H and O–H groups in total. The first kappa shape index (κ1) is 12.8. The molecule has 2 saturated heterocycles. The molecule has 0 saturated carbocycles. The molecule has 0 bridgehead atoms. The largest absolute Gasteiger partial charge is 0.384 e. The van der Waals surface area contributed by atoms with Gasteiger partial charge in [-0.2, -0.15) is 0 Å². The maximum Gasteiger partial charge on any atom is 0.231 e. The Morgan fingerprint density at radius 1 is 1.47 bits per heavy atom. The molecule has 98 valence electrons. The van der Waals surface area contributed by atoms with E-state index in [4.69, 9.17) is 4.74 Å². The number of carbonyl (C=O) groups is 1. The molecule has 2 aliphatic rings. The van der Waals surface area contributed by atoms with E-state index in [2.05, 4.69) is 17.1 Å². The van der Waals surface area contributed by atoms with Crippen molar-refractivity contribution in [2.45, 2.75) is 26.2 Å². The Bertz CT molecular complexity index is 269. The molecule has 0 aromatic rings. The second-order valence-electron chi connectivity index (χ2n) is 5.61. The van der Waals surface area contributed by atoms with Crippen LogP contribution in [0, 0.1) is 11.3 Å². The van der Waals surface area contributed by atoms with Crippen molar-refractivity contribution in [1.82, 2.24) is 10.2 Å². The number of carbonyl (C=O) groups excluding carboxylic acids is 1. The molecule has 4 nitrogen and oxygen atoms in total. The van der Waals surface area contributed by atoms with Gasteiger partial charge in [-0.3, -0.25) is 4.79 Å². The summed E-state index contributed by atoms with van der Waals surface area (Å²) in [5, 5.41) is 3.33. The molecule has 2 heterocycles. The first-order valence-electron chi connectivity index (χ1n) is 6.67. The standard InChI is InChI=1S/C13H24N2O2/c1-11-3-8-15(9-11)12(16)13(10-17-2)4-6-14-7-5-13/h11,14H,3-10H2,1-2H3. The van der Waals surface area contributed by atoms with Crippen LogP contribution in [-0.2, 0) is 9.53 Å². The van der Waals surface area contributed by atoms with Crippen molar-refractivity contribution in [1.29, 1.82) is 0 Å². The van der Waals surface area contributed by atoms with Crippen molar-refractivity contribution in [3.05, 3.63) is 0 Å². The quantitative estimate of drug-likeness (QED) is 0.796. The van der Waals surface area contributed by atoms with Crippen molar-refractivity contribution in [3.8, 4) is 0 Å². The molecule has 0 aliphatic carbocycles. The number of likely N-dealkylation sites (tertiary alicyclic amines) is 1. The lowest BCUT2D eigenvalue weighted by Crippen LogP contribution is -2.51. The zero-order chi connectivity index (χ0) is 12.3. The van der Waals surface area contributed by atoms with Gasteiger partial charge in [-0.25, -0.2) is 0 Å². The Morgan fingerprint density at radius 2 is 2.18 bits per heavy atom. The smallest absolute Gasteiger partial charge is 0.231 e. The summed E-state index contributed by atoms with van der Waals surface area (Å²) >= 11 is 0. The summed E-state index contributed by atoms with van der Waals surface area (Å²) in [6.45, 7) is 6.50. The van der Waals surface area contributed by atoms with Gasteiger partial charge in [0.1, 0.15) is 0 Å². The van der Waals surface area contributed by atoms with Crippen molar-refractivity contribution in [2.24, 2.45) is 11.3 Å². The fraction of sp³-hybridized carbons (Fsp3) is 0.923. The molecule has 0 aromatic carbocycles. The normalized spacial score (nSPS) is 28.4. The van der Waals surface area contributed by atoms with Crippen LogP contribution >= 0.6 is 0 Å². The molecule has 17 heavy (non-hydrogen) atoms. The molecule has 4 heteroatoms. The van der Waals surface area contributed by atoms with Crippen LogP contribution in [0.3, 0.4) is 0 Å². The lowest BCUT2D eigenvalue weighted by molar-refractivity contribution is -0.146. The van der Waals surface area contributed by atoms with Gasteiger partial charge in [0.05, 0.1) is 12.0 Å². The zero-order valence-corrected chi connectivity index (χ0v) is 11.0. The lowest BCUT2D eigenvalue weighted by Gasteiger charge is -2.38. The van der Waals surface area contributed by atoms with E-state index in [0.717, 1.165) is 45.4 Å². The molecule has 2 rings (SSSR count). The Labute approximate surface area is 104 Å². The van der Waals surface area contributed by atoms with Gasteiger partial charge in [0.25, 0.3) is 0 Å². The SMILES string of the molecule is COCC1(C(=O)N2CCC(C)C2)CCNCC1. The third kappa shape index (κ3) is 2.63. The average molecular weight is 240 g/mol. The van der Waals surface area contributed by atoms with Gasteiger partial charge in [-0.15, -0.1) is 0 Å². The summed E-state index contributed by atoms with van der Waals surface area (Å²) in [4.78, 5) is 14.7. The Kier molecular flexibility index (Phi) is 4.05. The molecule has 0 spiro atoms. The Hall–Kier alpha value is -0.610. The maximum atomic E-state index is 12.7. The van der Waals surface area contributed by atoms with Gasteiger partial charge in [0, 0.05) is 20.2 Å². The van der Waals surface area contributed by atoms with E-state index in [-0.39, 0.29) is 5.41 Å². The van der Waals surface area contributed by atoms with E-state index in [9.17, 15) is 4.79 Å². The summed E-state index contributed by atoms with van der Waals surface area (Å²) in [5.74, 6) is 0.977. The molecular weight excluding hydrogens is 216 g/mol. The van der Waals surface area contributed by atoms with Crippen LogP contribution in [-0.4, -0.2) is 50.7 Å². The maximum absolute atomic E-state index is 12.7. The topological polar surface area (TPSA) is 41.6 Å². The summed E-state index contributed by atoms with van der Waals surface area (Å²) in [6.07, 6.45) is 2.96. The minimum absolute atomic E-state index is 0.260. The van der Waals surface area contributed by atoms with E-state index in [1.807, 2.05) is 0 Å². The minimum atomic E-state index is -0.260. The molecule has 2 fully saturated rings. The monoisotopic (exact) mass is 240 g/mol. The summed E-state index contributed by atoms with van der Waals surface area (Å²) in [5.41, 5.74) is -0.260. The molecule has 1 atom stereocenters. The van der Waals surface area contributed by atoms with Gasteiger partial charge in [0.15, 0.2) is 0 Å². The zero-order valence-electron chi connectivity index (χ0n) is 11.0. The number of rotatable bonds is 3. The van der Waals surface area contributed by atoms with Crippen LogP contribution in [0.2, 0.25) is 0 Å². The van der Waals surface area contributed by atoms with Crippen molar-refractivity contribution >= 4 is 5.91 Å². The van der Waals surface area contributed by atoms with Gasteiger partial charge in [-0.05, 0) is 38.3 Å². The van der Waals surface area contributed by atoms with E-state index in [1.54, 1.807) is 7.11 Å². The van der Waals surface area contributed by atoms with Gasteiger partial charge in [-0.1, -0.05) is 6.92 Å². The molecule has 0 radical (unpaired) electrons. The van der Waals surface area contributed by atoms with Crippen molar-refractivity contribution in [2.75, 3.05) is 39.9 Å². The third-order valence-corrected chi connectivity index (χ3v) is 4.15. The van der Waals surface area contributed by atoms with Crippen LogP contribution in [0.4, 0.5) is 0 Å². The Balaban J connectivity index is 2.06. The average Bonchev–Trinajstić information content (AvgIpc) is 2.76. The number of amides is 1. The molecule has 1 unspecified atom stereocenters. The van der Waals surface area contributed by atoms with Crippen molar-refractivity contribution < 1.29 is 9.53 Å². The lowest BCUT2D eigenvalue weighted by atomic mass is 9.78. The van der Waals surface area contributed by atoms with E-state index in [0.29, 0.717) is 18.4 Å². The number of nitrogens with zero attached hydrogens (tertiary/aromatic N) is 1. The predicted octanol–water partition coefficient (Wildman–Crippen LogP) is 0.871.